The van der Waals surface area contributed by atoms with Crippen molar-refractivity contribution in [2.75, 3.05) is 19.9 Å². The molecule has 0 saturated carbocycles. The summed E-state index contributed by atoms with van der Waals surface area (Å²) >= 11 is 0. The van der Waals surface area contributed by atoms with Gasteiger partial charge in [-0.15, -0.1) is 0 Å². The van der Waals surface area contributed by atoms with E-state index in [2.05, 4.69) is 20.4 Å². The number of sulfone groups is 1. The topological polar surface area (TPSA) is 79.8 Å². The summed E-state index contributed by atoms with van der Waals surface area (Å²) in [6, 6.07) is 11.4. The number of aliphatic imine (C=N–C) groups is 1. The van der Waals surface area contributed by atoms with E-state index in [1.165, 1.54) is 18.4 Å². The van der Waals surface area contributed by atoms with E-state index in [0.717, 1.165) is 11.1 Å². The third kappa shape index (κ3) is 7.58. The van der Waals surface area contributed by atoms with E-state index in [4.69, 9.17) is 0 Å². The molecule has 0 saturated heterocycles. The molecule has 2 aromatic rings. The van der Waals surface area contributed by atoms with Gasteiger partial charge in [0.25, 0.3) is 0 Å². The van der Waals surface area contributed by atoms with Crippen molar-refractivity contribution in [1.29, 1.82) is 0 Å². The number of benzene rings is 2. The van der Waals surface area contributed by atoms with Gasteiger partial charge in [-0.05, 0) is 41.8 Å². The van der Waals surface area contributed by atoms with Crippen molar-refractivity contribution in [3.05, 3.63) is 59.2 Å². The predicted octanol–water partition coefficient (Wildman–Crippen LogP) is 3.20. The summed E-state index contributed by atoms with van der Waals surface area (Å²) in [6.45, 7) is 1.26. The highest BCUT2D eigenvalue weighted by atomic mass is 32.2. The van der Waals surface area contributed by atoms with Crippen molar-refractivity contribution in [1.82, 2.24) is 10.6 Å². The molecule has 2 aromatic carbocycles. The molecule has 0 aliphatic heterocycles. The Balaban J connectivity index is 1.87. The maximum atomic E-state index is 12.2. The fourth-order valence-electron chi connectivity index (χ4n) is 2.70. The van der Waals surface area contributed by atoms with Crippen LogP contribution in [0.3, 0.4) is 0 Å². The van der Waals surface area contributed by atoms with Crippen molar-refractivity contribution in [2.45, 2.75) is 31.1 Å². The van der Waals surface area contributed by atoms with Gasteiger partial charge in [0.15, 0.2) is 22.4 Å². The molecular formula is C20H24F3N3O3S. The number of halogens is 3. The Kier molecular flexibility index (Phi) is 7.71. The lowest BCUT2D eigenvalue weighted by Crippen LogP contribution is -2.36. The Morgan fingerprint density at radius 2 is 1.60 bits per heavy atom. The van der Waals surface area contributed by atoms with Gasteiger partial charge in [0.05, 0.1) is 4.90 Å². The lowest BCUT2D eigenvalue weighted by atomic mass is 10.1. The average Bonchev–Trinajstić information content (AvgIpc) is 2.66. The molecule has 0 atom stereocenters. The average molecular weight is 443 g/mol. The van der Waals surface area contributed by atoms with Crippen LogP contribution in [0.5, 0.6) is 5.75 Å². The number of hydrogen-bond donors (Lipinski definition) is 2. The summed E-state index contributed by atoms with van der Waals surface area (Å²) in [6.07, 6.45) is -3.20. The van der Waals surface area contributed by atoms with E-state index < -0.39 is 22.6 Å². The summed E-state index contributed by atoms with van der Waals surface area (Å²) in [5.41, 5.74) is 2.41. The van der Waals surface area contributed by atoms with Gasteiger partial charge < -0.3 is 15.4 Å². The smallest absolute Gasteiger partial charge is 0.422 e. The molecular weight excluding hydrogens is 419 g/mol. The minimum Gasteiger partial charge on any atom is -0.484 e. The molecule has 164 valence electrons. The number of hydrogen-bond acceptors (Lipinski definition) is 4. The lowest BCUT2D eigenvalue weighted by molar-refractivity contribution is -0.153. The fraction of sp³-hybridized carbons (Fsp3) is 0.350. The van der Waals surface area contributed by atoms with Crippen LogP contribution in [-0.2, 0) is 22.9 Å². The maximum absolute atomic E-state index is 12.2. The zero-order valence-electron chi connectivity index (χ0n) is 16.9. The summed E-state index contributed by atoms with van der Waals surface area (Å²) in [4.78, 5) is 4.42. The van der Waals surface area contributed by atoms with Crippen LogP contribution >= 0.6 is 0 Å². The number of nitrogens with one attached hydrogen (secondary N) is 2. The van der Waals surface area contributed by atoms with E-state index in [1.54, 1.807) is 44.3 Å². The third-order valence-corrected chi connectivity index (χ3v) is 5.37. The third-order valence-electron chi connectivity index (χ3n) is 4.11. The van der Waals surface area contributed by atoms with Crippen LogP contribution in [0.1, 0.15) is 16.7 Å². The zero-order valence-corrected chi connectivity index (χ0v) is 17.7. The monoisotopic (exact) mass is 443 g/mol. The van der Waals surface area contributed by atoms with Crippen molar-refractivity contribution < 1.29 is 26.3 Å². The standard InChI is InChI=1S/C20H24F3N3O3S/c1-14-10-16(6-9-18(14)30(3,27)28)12-26-19(24-2)25-11-15-4-7-17(8-5-15)29-13-20(21,22)23/h4-10H,11-13H2,1-3H3,(H2,24,25,26). The number of aryl methyl sites for hydroxylation is 1. The Labute approximate surface area is 174 Å². The lowest BCUT2D eigenvalue weighted by Gasteiger charge is -2.13. The molecule has 30 heavy (non-hydrogen) atoms. The zero-order chi connectivity index (χ0) is 22.4. The minimum absolute atomic E-state index is 0.145. The second-order valence-corrected chi connectivity index (χ2v) is 8.68. The first-order valence-corrected chi connectivity index (χ1v) is 10.9. The first-order chi connectivity index (χ1) is 14.0. The molecule has 0 spiro atoms. The number of nitrogens with zero attached hydrogens (tertiary/aromatic N) is 1. The Morgan fingerprint density at radius 1 is 1.03 bits per heavy atom. The molecule has 6 nitrogen and oxygen atoms in total. The van der Waals surface area contributed by atoms with Crippen molar-refractivity contribution in [2.24, 2.45) is 4.99 Å². The molecule has 0 amide bonds. The number of alkyl halides is 3. The van der Waals surface area contributed by atoms with Crippen LogP contribution < -0.4 is 15.4 Å². The summed E-state index contributed by atoms with van der Waals surface area (Å²) in [5, 5.41) is 6.23. The molecule has 0 fully saturated rings. The molecule has 0 radical (unpaired) electrons. The summed E-state index contributed by atoms with van der Waals surface area (Å²) in [5.74, 6) is 0.670. The highest BCUT2D eigenvalue weighted by Gasteiger charge is 2.28. The van der Waals surface area contributed by atoms with E-state index in [1.807, 2.05) is 0 Å². The van der Waals surface area contributed by atoms with Crippen molar-refractivity contribution in [3.8, 4) is 5.75 Å². The quantitative estimate of drug-likeness (QED) is 0.508. The molecule has 10 heteroatoms. The first kappa shape index (κ1) is 23.5. The van der Waals surface area contributed by atoms with Crippen molar-refractivity contribution >= 4 is 15.8 Å². The van der Waals surface area contributed by atoms with Gasteiger partial charge in [0, 0.05) is 26.4 Å². The number of guanidine groups is 1. The van der Waals surface area contributed by atoms with Crippen LogP contribution in [-0.4, -0.2) is 40.5 Å². The van der Waals surface area contributed by atoms with Gasteiger partial charge in [-0.25, -0.2) is 8.42 Å². The van der Waals surface area contributed by atoms with Gasteiger partial charge in [0.2, 0.25) is 0 Å². The Bertz CT molecular complexity index is 989. The molecule has 0 aromatic heterocycles. The molecule has 2 N–H and O–H groups in total. The van der Waals surface area contributed by atoms with E-state index in [0.29, 0.717) is 29.5 Å². The van der Waals surface area contributed by atoms with E-state index >= 15 is 0 Å². The first-order valence-electron chi connectivity index (χ1n) is 9.00. The highest BCUT2D eigenvalue weighted by Crippen LogP contribution is 2.19. The molecule has 0 heterocycles. The van der Waals surface area contributed by atoms with Crippen LogP contribution in [0.25, 0.3) is 0 Å². The highest BCUT2D eigenvalue weighted by molar-refractivity contribution is 7.90. The number of ether oxygens (including phenoxy) is 1. The van der Waals surface area contributed by atoms with Crippen LogP contribution in [0, 0.1) is 6.92 Å². The Hall–Kier alpha value is -2.75. The molecule has 0 bridgehead atoms. The summed E-state index contributed by atoms with van der Waals surface area (Å²) in [7, 11) is -1.65. The fourth-order valence-corrected chi connectivity index (χ4v) is 3.66. The van der Waals surface area contributed by atoms with E-state index in [9.17, 15) is 21.6 Å². The SMILES string of the molecule is CN=C(NCc1ccc(OCC(F)(F)F)cc1)NCc1ccc(S(C)(=O)=O)c(C)c1. The van der Waals surface area contributed by atoms with Crippen molar-refractivity contribution in [3.63, 3.8) is 0 Å². The Morgan fingerprint density at radius 3 is 2.10 bits per heavy atom. The van der Waals surface area contributed by atoms with Crippen LogP contribution in [0.4, 0.5) is 13.2 Å². The minimum atomic E-state index is -4.37. The maximum Gasteiger partial charge on any atom is 0.422 e. The van der Waals surface area contributed by atoms with Gasteiger partial charge >= 0.3 is 6.18 Å². The van der Waals surface area contributed by atoms with Crippen LogP contribution in [0.15, 0.2) is 52.4 Å². The normalized spacial score (nSPS) is 12.5. The molecule has 0 unspecified atom stereocenters. The van der Waals surface area contributed by atoms with Gasteiger partial charge in [-0.3, -0.25) is 4.99 Å². The van der Waals surface area contributed by atoms with Crippen LogP contribution in [0.2, 0.25) is 0 Å². The second kappa shape index (κ2) is 9.84. The predicted molar refractivity (Wildman–Crippen MR) is 109 cm³/mol. The van der Waals surface area contributed by atoms with Gasteiger partial charge in [0.1, 0.15) is 5.75 Å². The molecule has 2 rings (SSSR count). The summed E-state index contributed by atoms with van der Waals surface area (Å²) < 4.78 is 64.6. The molecule has 0 aliphatic carbocycles. The van der Waals surface area contributed by atoms with E-state index in [-0.39, 0.29) is 5.75 Å². The van der Waals surface area contributed by atoms with Gasteiger partial charge in [-0.1, -0.05) is 24.3 Å². The largest absolute Gasteiger partial charge is 0.484 e. The molecule has 0 aliphatic rings. The second-order valence-electron chi connectivity index (χ2n) is 6.70. The van der Waals surface area contributed by atoms with Gasteiger partial charge in [-0.2, -0.15) is 13.2 Å². The number of rotatable bonds is 7.